The number of ketones is 1. The first-order chi connectivity index (χ1) is 33.5. The van der Waals surface area contributed by atoms with E-state index in [4.69, 9.17) is 38.1 Å². The molecule has 0 radical (unpaired) electrons. The molecule has 0 unspecified atom stereocenters. The van der Waals surface area contributed by atoms with Gasteiger partial charge in [-0.3, -0.25) is 19.2 Å². The Bertz CT molecular complexity index is 3140. The van der Waals surface area contributed by atoms with Gasteiger partial charge in [-0.1, -0.05) is 54.7 Å². The number of nitrogens with zero attached hydrogens (tertiary/aromatic N) is 3. The number of Topliss-reactive ketones (excluding diaryl/α,β-unsaturated/α-hetero) is 1. The number of nitriles is 3. The number of ether oxygens (including phenoxy) is 1. The van der Waals surface area contributed by atoms with Crippen LogP contribution in [-0.2, 0) is 21.2 Å². The highest BCUT2D eigenvalue weighted by Crippen LogP contribution is 2.33. The molecule has 5 heterocycles. The molecule has 358 valence electrons. The highest BCUT2D eigenvalue weighted by atomic mass is 35.5. The molecular formula is C48H39ClN6O9S6. The number of pyridine rings is 2. The fourth-order valence-electron chi connectivity index (χ4n) is 5.35. The number of rotatable bonds is 13. The van der Waals surface area contributed by atoms with Crippen LogP contribution in [0, 0.1) is 34.0 Å². The molecule has 0 saturated heterocycles. The van der Waals surface area contributed by atoms with Gasteiger partial charge in [0.15, 0.2) is 5.78 Å². The van der Waals surface area contributed by atoms with Crippen LogP contribution in [0.15, 0.2) is 133 Å². The van der Waals surface area contributed by atoms with Crippen molar-refractivity contribution in [3.05, 3.63) is 172 Å². The molecule has 7 aromatic rings. The van der Waals surface area contributed by atoms with Crippen LogP contribution < -0.4 is 16.9 Å². The first kappa shape index (κ1) is 57.2. The predicted octanol–water partition coefficient (Wildman–Crippen LogP) is 10.4. The summed E-state index contributed by atoms with van der Waals surface area (Å²) in [4.78, 5) is 74.7. The molecule has 0 atom stereocenters. The Morgan fingerprint density at radius 3 is 1.76 bits per heavy atom. The molecular weight excluding hydrogens is 1030 g/mol. The molecule has 0 aliphatic rings. The Morgan fingerprint density at radius 1 is 0.771 bits per heavy atom. The molecule has 15 nitrogen and oxygen atoms in total. The minimum atomic E-state index is -0.988. The van der Waals surface area contributed by atoms with Crippen molar-refractivity contribution in [3.63, 3.8) is 0 Å². The zero-order valence-electron chi connectivity index (χ0n) is 36.5. The van der Waals surface area contributed by atoms with Crippen molar-refractivity contribution >= 4 is 111 Å². The quantitative estimate of drug-likeness (QED) is 0.0119. The van der Waals surface area contributed by atoms with E-state index in [-0.39, 0.29) is 45.9 Å². The van der Waals surface area contributed by atoms with Crippen LogP contribution in [-0.4, -0.2) is 55.5 Å². The lowest BCUT2D eigenvalue weighted by Gasteiger charge is -2.08. The number of aromatic amines is 2. The van der Waals surface area contributed by atoms with E-state index in [1.165, 1.54) is 64.0 Å². The van der Waals surface area contributed by atoms with Gasteiger partial charge in [0.2, 0.25) is 11.1 Å². The average Bonchev–Trinajstić information content (AvgIpc) is 4.18. The Balaban J connectivity index is 0.000000249. The van der Waals surface area contributed by atoms with Crippen molar-refractivity contribution < 1.29 is 34.1 Å². The van der Waals surface area contributed by atoms with Crippen molar-refractivity contribution in [3.8, 4) is 39.1 Å². The largest absolute Gasteiger partial charge is 0.478 e. The van der Waals surface area contributed by atoms with Crippen molar-refractivity contribution in [1.29, 1.82) is 15.8 Å². The Morgan fingerprint density at radius 2 is 1.30 bits per heavy atom. The summed E-state index contributed by atoms with van der Waals surface area (Å²) in [6.45, 7) is 2.03. The lowest BCUT2D eigenvalue weighted by molar-refractivity contribution is -0.141. The van der Waals surface area contributed by atoms with Crippen LogP contribution >= 0.6 is 82.2 Å². The van der Waals surface area contributed by atoms with E-state index in [2.05, 4.69) is 45.6 Å². The molecule has 0 fully saturated rings. The molecule has 0 amide bonds. The number of hydrogen-bond acceptors (Lipinski definition) is 16. The highest BCUT2D eigenvalue weighted by molar-refractivity contribution is 7.98. The lowest BCUT2D eigenvalue weighted by atomic mass is 10.1. The van der Waals surface area contributed by atoms with Crippen molar-refractivity contribution in [2.75, 3.05) is 6.61 Å². The third-order valence-electron chi connectivity index (χ3n) is 8.37. The van der Waals surface area contributed by atoms with E-state index in [1.54, 1.807) is 66.9 Å². The standard InChI is InChI=1S/C18H12N2O3S2.C10H6N2OS2.C9H10O3S.C8H7ClO2.C3H4N2S/c19-9-14-13(15-5-2-6-24-15)8-16(21)20-17(14)25-10-11-3-1-4-12(7-11)18(22)23;11-5-7-6(8-2-1-3-15-8)4-9(13)12-10(7)14;1-2-12-9(11)6-7(10)8-4-3-5-13-8;9-5-6-2-1-3-7(4-6)8(10)11;4-2-1-3(5)6/h1-8H,10H2,(H,20,21)(H,22,23);1-4H,(H2,12,13,14);3-5H,2,6H2,1H3;1-4H,5H2,(H,10,11);1H2,(H2,5,6). The highest BCUT2D eigenvalue weighted by Gasteiger charge is 2.15. The zero-order chi connectivity index (χ0) is 51.6. The van der Waals surface area contributed by atoms with Gasteiger partial charge in [0.05, 0.1) is 61.3 Å². The maximum Gasteiger partial charge on any atom is 0.335 e. The number of hydrogen-bond donors (Lipinski definition) is 6. The monoisotopic (exact) mass is 1070 g/mol. The van der Waals surface area contributed by atoms with Gasteiger partial charge in [-0.05, 0) is 76.7 Å². The Hall–Kier alpha value is -7.13. The number of thioether (sulfide) groups is 1. The molecule has 0 saturated carbocycles. The number of esters is 1. The van der Waals surface area contributed by atoms with Gasteiger partial charge in [-0.25, -0.2) is 9.59 Å². The molecule has 0 aliphatic heterocycles. The third kappa shape index (κ3) is 19.1. The number of carbonyl (C=O) groups is 4. The van der Waals surface area contributed by atoms with Crippen LogP contribution in [0.4, 0.5) is 0 Å². The second kappa shape index (κ2) is 30.4. The number of aromatic nitrogens is 2. The number of thiocarbonyl (C=S) groups is 1. The van der Waals surface area contributed by atoms with E-state index < -0.39 is 17.9 Å². The van der Waals surface area contributed by atoms with Crippen molar-refractivity contribution in [1.82, 2.24) is 9.97 Å². The van der Waals surface area contributed by atoms with Crippen LogP contribution in [0.5, 0.6) is 0 Å². The molecule has 5 aromatic heterocycles. The first-order valence-electron chi connectivity index (χ1n) is 19.9. The minimum Gasteiger partial charge on any atom is -0.478 e. The van der Waals surface area contributed by atoms with E-state index in [9.17, 15) is 34.0 Å². The number of carboxylic acid groups (broad SMARTS) is 2. The maximum atomic E-state index is 12.0. The normalized spacial score (nSPS) is 9.66. The second-order valence-electron chi connectivity index (χ2n) is 13.3. The fraction of sp³-hybridized carbons (Fsp3) is 0.125. The number of nitrogens with one attached hydrogen (secondary N) is 2. The van der Waals surface area contributed by atoms with Gasteiger partial charge >= 0.3 is 17.9 Å². The molecule has 0 aliphatic carbocycles. The average molecular weight is 1070 g/mol. The van der Waals surface area contributed by atoms with Crippen LogP contribution in [0.1, 0.15) is 72.4 Å². The Kier molecular flexibility index (Phi) is 24.8. The molecule has 2 aromatic carbocycles. The van der Waals surface area contributed by atoms with E-state index in [0.29, 0.717) is 55.4 Å². The van der Waals surface area contributed by atoms with E-state index in [1.807, 2.05) is 47.2 Å². The van der Waals surface area contributed by atoms with Gasteiger partial charge in [0, 0.05) is 44.6 Å². The number of aromatic carboxylic acids is 2. The summed E-state index contributed by atoms with van der Waals surface area (Å²) in [5.41, 5.74) is 8.58. The van der Waals surface area contributed by atoms with Gasteiger partial charge < -0.3 is 30.7 Å². The van der Waals surface area contributed by atoms with Crippen molar-refractivity contribution in [2.24, 2.45) is 5.73 Å². The number of carbonyl (C=O) groups excluding carboxylic acids is 2. The molecule has 70 heavy (non-hydrogen) atoms. The summed E-state index contributed by atoms with van der Waals surface area (Å²) < 4.78 is 4.66. The number of thiol groups is 1. The third-order valence-corrected chi connectivity index (χ3v) is 13.0. The van der Waals surface area contributed by atoms with Gasteiger partial charge in [-0.15, -0.1) is 70.0 Å². The van der Waals surface area contributed by atoms with Gasteiger partial charge in [0.1, 0.15) is 18.6 Å². The fourth-order valence-corrected chi connectivity index (χ4v) is 8.99. The zero-order valence-corrected chi connectivity index (χ0v) is 42.3. The molecule has 0 spiro atoms. The number of nitrogens with two attached hydrogens (primary N) is 1. The number of thiophene rings is 3. The summed E-state index contributed by atoms with van der Waals surface area (Å²) >= 11 is 19.5. The summed E-state index contributed by atoms with van der Waals surface area (Å²) in [7, 11) is 0. The maximum absolute atomic E-state index is 12.0. The first-order valence-corrected chi connectivity index (χ1v) is 24.9. The number of H-pyrrole nitrogens is 2. The number of benzene rings is 2. The summed E-state index contributed by atoms with van der Waals surface area (Å²) in [5, 5.41) is 50.3. The van der Waals surface area contributed by atoms with Crippen LogP contribution in [0.25, 0.3) is 20.9 Å². The van der Waals surface area contributed by atoms with Crippen molar-refractivity contribution in [2.45, 2.75) is 41.5 Å². The Labute approximate surface area is 432 Å². The minimum absolute atomic E-state index is 0.158. The van der Waals surface area contributed by atoms with Crippen LogP contribution in [0.2, 0.25) is 0 Å². The molecule has 0 bridgehead atoms. The molecule has 7 rings (SSSR count). The van der Waals surface area contributed by atoms with E-state index >= 15 is 0 Å². The van der Waals surface area contributed by atoms with Gasteiger partial charge in [0.25, 0.3) is 0 Å². The predicted molar refractivity (Wildman–Crippen MR) is 280 cm³/mol. The topological polar surface area (TPSA) is 281 Å². The smallest absolute Gasteiger partial charge is 0.335 e. The number of halogens is 1. The number of alkyl halides is 1. The SMILES string of the molecule is CCOC(=O)CC(=O)c1cccs1.N#CCC(N)=S.N#Cc1c(-c2cccs2)cc(=O)[nH]c1S.N#Cc1c(-c2cccs2)cc(=O)[nH]c1SCc1cccc(C(=O)O)c1.O=C(O)c1cccc(CCl)c1. The summed E-state index contributed by atoms with van der Waals surface area (Å²) in [5.74, 6) is -1.75. The van der Waals surface area contributed by atoms with Crippen LogP contribution in [0.3, 0.4) is 0 Å². The summed E-state index contributed by atoms with van der Waals surface area (Å²) in [6, 6.07) is 33.0. The second-order valence-corrected chi connectivity index (χ2v) is 18.4. The molecule has 6 N–H and O–H groups in total. The lowest BCUT2D eigenvalue weighted by Crippen LogP contribution is -2.10. The van der Waals surface area contributed by atoms with Gasteiger partial charge in [-0.2, -0.15) is 15.8 Å². The van der Waals surface area contributed by atoms with E-state index in [0.717, 1.165) is 20.9 Å². The number of carboxylic acids is 2. The molecule has 22 heteroatoms. The summed E-state index contributed by atoms with van der Waals surface area (Å²) in [6.07, 6.45) is 0.0314.